The van der Waals surface area contributed by atoms with E-state index in [0.717, 1.165) is 22.3 Å². The van der Waals surface area contributed by atoms with Gasteiger partial charge in [-0.3, -0.25) is 4.79 Å². The van der Waals surface area contributed by atoms with Gasteiger partial charge in [-0.2, -0.15) is 0 Å². The van der Waals surface area contributed by atoms with E-state index in [2.05, 4.69) is 15.3 Å². The lowest BCUT2D eigenvalue weighted by Gasteiger charge is -2.11. The van der Waals surface area contributed by atoms with E-state index in [1.807, 2.05) is 78.9 Å². The maximum absolute atomic E-state index is 12.4. The van der Waals surface area contributed by atoms with Crippen molar-refractivity contribution in [1.29, 1.82) is 0 Å². The molecule has 0 fully saturated rings. The van der Waals surface area contributed by atoms with E-state index >= 15 is 0 Å². The number of nitrogens with zero attached hydrogens (tertiary/aromatic N) is 2. The van der Waals surface area contributed by atoms with Gasteiger partial charge in [-0.15, -0.1) is 0 Å². The number of halogens is 1. The fraction of sp³-hybridized carbons (Fsp3) is 0.0870. The van der Waals surface area contributed by atoms with E-state index in [1.165, 1.54) is 11.8 Å². The van der Waals surface area contributed by atoms with Crippen LogP contribution in [0.5, 0.6) is 0 Å². The number of Topliss-reactive ketones (excluding diaryl/α,β-unsaturated/α-hetero) is 1. The van der Waals surface area contributed by atoms with Gasteiger partial charge in [-0.25, -0.2) is 9.97 Å². The summed E-state index contributed by atoms with van der Waals surface area (Å²) in [7, 11) is 0. The van der Waals surface area contributed by atoms with Crippen LogP contribution >= 0.6 is 23.4 Å². The first-order chi connectivity index (χ1) is 14.2. The zero-order chi connectivity index (χ0) is 20.1. The largest absolute Gasteiger partial charge is 0.365 e. The summed E-state index contributed by atoms with van der Waals surface area (Å²) < 4.78 is 0. The van der Waals surface area contributed by atoms with Crippen LogP contribution in [0.2, 0.25) is 5.02 Å². The number of hydrogen-bond donors (Lipinski definition) is 1. The predicted molar refractivity (Wildman–Crippen MR) is 120 cm³/mol. The number of thioether (sulfide) groups is 1. The third-order valence-electron chi connectivity index (χ3n) is 4.38. The molecule has 0 aliphatic carbocycles. The first-order valence-corrected chi connectivity index (χ1v) is 10.5. The lowest BCUT2D eigenvalue weighted by Crippen LogP contribution is -2.06. The second-order valence-electron chi connectivity index (χ2n) is 6.43. The molecule has 29 heavy (non-hydrogen) atoms. The molecular formula is C23H18ClN3OS. The van der Waals surface area contributed by atoms with E-state index in [-0.39, 0.29) is 5.78 Å². The van der Waals surface area contributed by atoms with Crippen molar-refractivity contribution < 1.29 is 4.79 Å². The smallest absolute Gasteiger partial charge is 0.190 e. The Bertz CT molecular complexity index is 1130. The minimum Gasteiger partial charge on any atom is -0.365 e. The summed E-state index contributed by atoms with van der Waals surface area (Å²) >= 11 is 7.31. The van der Waals surface area contributed by atoms with Gasteiger partial charge in [0.2, 0.25) is 0 Å². The number of hydrogen-bond acceptors (Lipinski definition) is 5. The lowest BCUT2D eigenvalue weighted by molar-refractivity contribution is 0.102. The molecule has 0 atom stereocenters. The second-order valence-corrected chi connectivity index (χ2v) is 7.81. The average Bonchev–Trinajstić information content (AvgIpc) is 2.77. The maximum Gasteiger partial charge on any atom is 0.190 e. The van der Waals surface area contributed by atoms with Gasteiger partial charge in [-0.1, -0.05) is 78.0 Å². The molecule has 3 aromatic carbocycles. The Morgan fingerprint density at radius 2 is 1.62 bits per heavy atom. The summed E-state index contributed by atoms with van der Waals surface area (Å²) in [6.07, 6.45) is 0. The van der Waals surface area contributed by atoms with Crippen LogP contribution in [0.1, 0.15) is 15.9 Å². The van der Waals surface area contributed by atoms with Gasteiger partial charge in [0.1, 0.15) is 5.82 Å². The Morgan fingerprint density at radius 1 is 0.897 bits per heavy atom. The molecule has 0 aliphatic heterocycles. The van der Waals surface area contributed by atoms with Crippen LogP contribution in [0, 0.1) is 0 Å². The highest BCUT2D eigenvalue weighted by atomic mass is 35.5. The number of nitrogens with one attached hydrogen (secondary N) is 1. The quantitative estimate of drug-likeness (QED) is 0.230. The van der Waals surface area contributed by atoms with Crippen molar-refractivity contribution in [2.45, 2.75) is 11.7 Å². The van der Waals surface area contributed by atoms with Crippen LogP contribution in [0.4, 0.5) is 5.82 Å². The molecule has 1 aromatic heterocycles. The highest BCUT2D eigenvalue weighted by Gasteiger charge is 2.11. The molecule has 0 amide bonds. The summed E-state index contributed by atoms with van der Waals surface area (Å²) in [6.45, 7) is 0.616. The minimum absolute atomic E-state index is 0.0584. The van der Waals surface area contributed by atoms with Crippen molar-refractivity contribution >= 4 is 45.9 Å². The Balaban J connectivity index is 1.53. The number of fused-ring (bicyclic) bond motifs is 1. The molecule has 1 heterocycles. The number of ketones is 1. The standard InChI is InChI=1S/C23H18ClN3OS/c24-18-12-10-16(11-13-18)14-25-22-19-8-4-5-9-20(19)26-23(27-22)29-15-21(28)17-6-2-1-3-7-17/h1-13H,14-15H2,(H,25,26,27). The molecular weight excluding hydrogens is 402 g/mol. The Hall–Kier alpha value is -2.89. The summed E-state index contributed by atoms with van der Waals surface area (Å²) in [4.78, 5) is 21.7. The van der Waals surface area contributed by atoms with Gasteiger partial charge in [0, 0.05) is 22.5 Å². The third-order valence-corrected chi connectivity index (χ3v) is 5.48. The molecule has 1 N–H and O–H groups in total. The highest BCUT2D eigenvalue weighted by molar-refractivity contribution is 7.99. The van der Waals surface area contributed by atoms with Crippen LogP contribution in [-0.4, -0.2) is 21.5 Å². The first kappa shape index (κ1) is 19.4. The monoisotopic (exact) mass is 419 g/mol. The van der Waals surface area contributed by atoms with E-state index in [9.17, 15) is 4.79 Å². The molecule has 4 aromatic rings. The van der Waals surface area contributed by atoms with Crippen LogP contribution in [0.3, 0.4) is 0 Å². The van der Waals surface area contributed by atoms with Crippen molar-refractivity contribution in [3.8, 4) is 0 Å². The lowest BCUT2D eigenvalue weighted by atomic mass is 10.2. The zero-order valence-electron chi connectivity index (χ0n) is 15.5. The Morgan fingerprint density at radius 3 is 2.41 bits per heavy atom. The minimum atomic E-state index is 0.0584. The van der Waals surface area contributed by atoms with Crippen LogP contribution < -0.4 is 5.32 Å². The molecule has 4 nitrogen and oxygen atoms in total. The molecule has 0 saturated heterocycles. The van der Waals surface area contributed by atoms with E-state index in [4.69, 9.17) is 11.6 Å². The van der Waals surface area contributed by atoms with Gasteiger partial charge in [0.25, 0.3) is 0 Å². The van der Waals surface area contributed by atoms with Gasteiger partial charge >= 0.3 is 0 Å². The molecule has 6 heteroatoms. The summed E-state index contributed by atoms with van der Waals surface area (Å²) in [5, 5.41) is 5.62. The molecule has 0 saturated carbocycles. The van der Waals surface area contributed by atoms with Crippen molar-refractivity contribution in [3.63, 3.8) is 0 Å². The van der Waals surface area contributed by atoms with Crippen LogP contribution in [0.15, 0.2) is 84.0 Å². The topological polar surface area (TPSA) is 54.9 Å². The molecule has 0 unspecified atom stereocenters. The summed E-state index contributed by atoms with van der Waals surface area (Å²) in [5.74, 6) is 1.10. The number of aromatic nitrogens is 2. The molecule has 4 rings (SSSR count). The number of rotatable bonds is 7. The molecule has 0 spiro atoms. The fourth-order valence-electron chi connectivity index (χ4n) is 2.88. The first-order valence-electron chi connectivity index (χ1n) is 9.15. The number of benzene rings is 3. The molecule has 144 valence electrons. The van der Waals surface area contributed by atoms with Gasteiger partial charge in [0.05, 0.1) is 11.3 Å². The number of para-hydroxylation sites is 1. The van der Waals surface area contributed by atoms with Crippen molar-refractivity contribution in [2.24, 2.45) is 0 Å². The normalized spacial score (nSPS) is 10.8. The Kier molecular flexibility index (Phi) is 6.08. The van der Waals surface area contributed by atoms with E-state index < -0.39 is 0 Å². The van der Waals surface area contributed by atoms with Crippen LogP contribution in [0.25, 0.3) is 10.9 Å². The van der Waals surface area contributed by atoms with Gasteiger partial charge in [-0.05, 0) is 29.8 Å². The SMILES string of the molecule is O=C(CSc1nc(NCc2ccc(Cl)cc2)c2ccccc2n1)c1ccccc1. The molecule has 0 radical (unpaired) electrons. The zero-order valence-corrected chi connectivity index (χ0v) is 17.1. The molecule has 0 aliphatic rings. The summed E-state index contributed by atoms with van der Waals surface area (Å²) in [5.41, 5.74) is 2.64. The second kappa shape index (κ2) is 9.07. The molecule has 0 bridgehead atoms. The van der Waals surface area contributed by atoms with Gasteiger partial charge < -0.3 is 5.32 Å². The maximum atomic E-state index is 12.4. The van der Waals surface area contributed by atoms with Gasteiger partial charge in [0.15, 0.2) is 10.9 Å². The Labute approximate surface area is 178 Å². The van der Waals surface area contributed by atoms with Crippen molar-refractivity contribution in [3.05, 3.63) is 95.0 Å². The van der Waals surface area contributed by atoms with E-state index in [0.29, 0.717) is 28.0 Å². The van der Waals surface area contributed by atoms with Crippen molar-refractivity contribution in [1.82, 2.24) is 9.97 Å². The highest BCUT2D eigenvalue weighted by Crippen LogP contribution is 2.25. The fourth-order valence-corrected chi connectivity index (χ4v) is 3.75. The average molecular weight is 420 g/mol. The van der Waals surface area contributed by atoms with Crippen molar-refractivity contribution in [2.75, 3.05) is 11.1 Å². The third kappa shape index (κ3) is 4.94. The number of carbonyl (C=O) groups excluding carboxylic acids is 1. The number of anilines is 1. The predicted octanol–water partition coefficient (Wildman–Crippen LogP) is 5.87. The number of carbonyl (C=O) groups is 1. The van der Waals surface area contributed by atoms with E-state index in [1.54, 1.807) is 0 Å². The van der Waals surface area contributed by atoms with Crippen LogP contribution in [-0.2, 0) is 6.54 Å². The summed E-state index contributed by atoms with van der Waals surface area (Å²) in [6, 6.07) is 24.8.